The van der Waals surface area contributed by atoms with E-state index in [0.29, 0.717) is 5.69 Å². The van der Waals surface area contributed by atoms with E-state index in [1.807, 2.05) is 37.3 Å². The Labute approximate surface area is 118 Å². The molecule has 0 aliphatic carbocycles. The first-order valence-electron chi connectivity index (χ1n) is 6.11. The van der Waals surface area contributed by atoms with E-state index < -0.39 is 10.2 Å². The highest BCUT2D eigenvalue weighted by atomic mass is 32.2. The molecule has 0 saturated carbocycles. The zero-order valence-electron chi connectivity index (χ0n) is 11.1. The molecule has 1 aromatic heterocycles. The highest BCUT2D eigenvalue weighted by molar-refractivity contribution is 7.87. The summed E-state index contributed by atoms with van der Waals surface area (Å²) in [5.74, 6) is 0. The predicted octanol–water partition coefficient (Wildman–Crippen LogP) is 0.909. The Hall–Kier alpha value is -1.83. The van der Waals surface area contributed by atoms with Crippen LogP contribution in [-0.2, 0) is 23.3 Å². The minimum atomic E-state index is -3.56. The van der Waals surface area contributed by atoms with E-state index in [1.165, 1.54) is 0 Å². The normalized spacial score (nSPS) is 11.4. The molecule has 0 saturated heterocycles. The van der Waals surface area contributed by atoms with Gasteiger partial charge in [0.05, 0.1) is 24.1 Å². The third-order valence-corrected chi connectivity index (χ3v) is 3.64. The van der Waals surface area contributed by atoms with Crippen LogP contribution in [0.5, 0.6) is 0 Å². The van der Waals surface area contributed by atoms with E-state index >= 15 is 0 Å². The van der Waals surface area contributed by atoms with E-state index in [1.54, 1.807) is 12.4 Å². The van der Waals surface area contributed by atoms with Crippen LogP contribution in [0.2, 0.25) is 0 Å². The minimum absolute atomic E-state index is 0.109. The molecule has 0 unspecified atom stereocenters. The van der Waals surface area contributed by atoms with Crippen molar-refractivity contribution in [1.82, 2.24) is 19.4 Å². The molecule has 106 valence electrons. The van der Waals surface area contributed by atoms with Crippen LogP contribution in [0.1, 0.15) is 17.0 Å². The van der Waals surface area contributed by atoms with Crippen molar-refractivity contribution < 1.29 is 8.42 Å². The van der Waals surface area contributed by atoms with Gasteiger partial charge in [-0.3, -0.25) is 9.97 Å². The fraction of sp³-hybridized carbons (Fsp3) is 0.231. The average Bonchev–Trinajstić information content (AvgIpc) is 2.46. The second kappa shape index (κ2) is 6.56. The number of hydrogen-bond acceptors (Lipinski definition) is 4. The molecule has 0 aliphatic rings. The Morgan fingerprint density at radius 1 is 1.00 bits per heavy atom. The van der Waals surface area contributed by atoms with Crippen molar-refractivity contribution in [2.45, 2.75) is 20.0 Å². The van der Waals surface area contributed by atoms with Gasteiger partial charge >= 0.3 is 0 Å². The first-order valence-corrected chi connectivity index (χ1v) is 7.59. The fourth-order valence-electron chi connectivity index (χ4n) is 1.50. The monoisotopic (exact) mass is 292 g/mol. The number of nitrogens with zero attached hydrogens (tertiary/aromatic N) is 2. The summed E-state index contributed by atoms with van der Waals surface area (Å²) in [4.78, 5) is 8.14. The smallest absolute Gasteiger partial charge is 0.258 e. The van der Waals surface area contributed by atoms with Crippen LogP contribution in [0.3, 0.4) is 0 Å². The van der Waals surface area contributed by atoms with Crippen molar-refractivity contribution in [2.24, 2.45) is 0 Å². The van der Waals surface area contributed by atoms with Crippen molar-refractivity contribution in [3.05, 3.63) is 59.7 Å². The van der Waals surface area contributed by atoms with Crippen LogP contribution in [0.25, 0.3) is 0 Å². The summed E-state index contributed by atoms with van der Waals surface area (Å²) in [5.41, 5.74) is 2.26. The zero-order chi connectivity index (χ0) is 14.4. The summed E-state index contributed by atoms with van der Waals surface area (Å²) in [5, 5.41) is 0. The van der Waals surface area contributed by atoms with Crippen molar-refractivity contribution >= 4 is 10.2 Å². The van der Waals surface area contributed by atoms with Crippen LogP contribution < -0.4 is 9.44 Å². The highest BCUT2D eigenvalue weighted by Gasteiger charge is 2.09. The third-order valence-electron chi connectivity index (χ3n) is 2.59. The Balaban J connectivity index is 1.86. The number of hydrogen-bond donors (Lipinski definition) is 2. The molecule has 0 fully saturated rings. The van der Waals surface area contributed by atoms with E-state index in [-0.39, 0.29) is 13.1 Å². The van der Waals surface area contributed by atoms with Crippen molar-refractivity contribution in [3.8, 4) is 0 Å². The molecule has 1 heterocycles. The van der Waals surface area contributed by atoms with Gasteiger partial charge in [-0.25, -0.2) is 0 Å². The Morgan fingerprint density at radius 3 is 2.35 bits per heavy atom. The molecule has 7 heteroatoms. The lowest BCUT2D eigenvalue weighted by Gasteiger charge is -2.08. The van der Waals surface area contributed by atoms with Crippen LogP contribution in [0.4, 0.5) is 0 Å². The molecular formula is C13H16N4O2S. The van der Waals surface area contributed by atoms with Gasteiger partial charge in [0.2, 0.25) is 0 Å². The number of aromatic nitrogens is 2. The Morgan fingerprint density at radius 2 is 1.70 bits per heavy atom. The van der Waals surface area contributed by atoms with E-state index in [4.69, 9.17) is 0 Å². The van der Waals surface area contributed by atoms with E-state index in [0.717, 1.165) is 11.3 Å². The first kappa shape index (κ1) is 14.6. The summed E-state index contributed by atoms with van der Waals surface area (Å²) >= 11 is 0. The van der Waals surface area contributed by atoms with Crippen molar-refractivity contribution in [1.29, 1.82) is 0 Å². The molecular weight excluding hydrogens is 276 g/mol. The molecule has 2 N–H and O–H groups in total. The van der Waals surface area contributed by atoms with Gasteiger partial charge in [-0.15, -0.1) is 0 Å². The average molecular weight is 292 g/mol. The number of aryl methyl sites for hydroxylation is 1. The second-order valence-electron chi connectivity index (χ2n) is 4.28. The molecule has 1 aromatic carbocycles. The van der Waals surface area contributed by atoms with Gasteiger partial charge in [0.15, 0.2) is 0 Å². The van der Waals surface area contributed by atoms with Crippen LogP contribution in [0, 0.1) is 6.92 Å². The van der Waals surface area contributed by atoms with Crippen molar-refractivity contribution in [3.63, 3.8) is 0 Å². The minimum Gasteiger partial charge on any atom is -0.258 e. The molecule has 6 nitrogen and oxygen atoms in total. The van der Waals surface area contributed by atoms with E-state index in [9.17, 15) is 8.42 Å². The molecule has 0 spiro atoms. The van der Waals surface area contributed by atoms with Crippen molar-refractivity contribution in [2.75, 3.05) is 0 Å². The lowest BCUT2D eigenvalue weighted by atomic mass is 10.2. The molecule has 0 radical (unpaired) electrons. The van der Waals surface area contributed by atoms with E-state index in [2.05, 4.69) is 19.4 Å². The summed E-state index contributed by atoms with van der Waals surface area (Å²) in [6.45, 7) is 2.18. The number of benzene rings is 1. The Bertz CT molecular complexity index is 642. The molecule has 0 bridgehead atoms. The molecule has 0 amide bonds. The maximum Gasteiger partial charge on any atom is 0.277 e. The van der Waals surface area contributed by atoms with Gasteiger partial charge in [-0.1, -0.05) is 30.3 Å². The Kier molecular flexibility index (Phi) is 4.78. The number of nitrogens with one attached hydrogen (secondary N) is 2. The lowest BCUT2D eigenvalue weighted by Crippen LogP contribution is -2.35. The van der Waals surface area contributed by atoms with Crippen LogP contribution in [0.15, 0.2) is 42.7 Å². The topological polar surface area (TPSA) is 84.0 Å². The predicted molar refractivity (Wildman–Crippen MR) is 75.8 cm³/mol. The molecule has 20 heavy (non-hydrogen) atoms. The SMILES string of the molecule is Cc1cnc(CNS(=O)(=O)NCc2ccccc2)cn1. The fourth-order valence-corrected chi connectivity index (χ4v) is 2.30. The maximum absolute atomic E-state index is 11.8. The lowest BCUT2D eigenvalue weighted by molar-refractivity contribution is 0.565. The maximum atomic E-state index is 11.8. The zero-order valence-corrected chi connectivity index (χ0v) is 11.9. The molecule has 2 aromatic rings. The molecule has 0 aliphatic heterocycles. The van der Waals surface area contributed by atoms with Gasteiger partial charge in [0, 0.05) is 12.7 Å². The van der Waals surface area contributed by atoms with Crippen LogP contribution >= 0.6 is 0 Å². The number of rotatable bonds is 6. The first-order chi connectivity index (χ1) is 9.55. The molecule has 0 atom stereocenters. The van der Waals surface area contributed by atoms with Gasteiger partial charge in [-0.2, -0.15) is 17.9 Å². The largest absolute Gasteiger partial charge is 0.277 e. The molecule has 2 rings (SSSR count). The van der Waals surface area contributed by atoms with Gasteiger partial charge in [0.25, 0.3) is 10.2 Å². The van der Waals surface area contributed by atoms with Crippen LogP contribution in [-0.4, -0.2) is 18.4 Å². The summed E-state index contributed by atoms with van der Waals surface area (Å²) in [6.07, 6.45) is 3.15. The highest BCUT2D eigenvalue weighted by Crippen LogP contribution is 1.99. The third kappa shape index (κ3) is 4.69. The standard InChI is InChI=1S/C13H16N4O2S/c1-11-7-15-13(9-14-11)10-17-20(18,19)16-8-12-5-3-2-4-6-12/h2-7,9,16-17H,8,10H2,1H3. The summed E-state index contributed by atoms with van der Waals surface area (Å²) in [6, 6.07) is 9.31. The van der Waals surface area contributed by atoms with Gasteiger partial charge in [-0.05, 0) is 12.5 Å². The second-order valence-corrected chi connectivity index (χ2v) is 5.86. The summed E-state index contributed by atoms with van der Waals surface area (Å²) < 4.78 is 28.4. The quantitative estimate of drug-likeness (QED) is 0.829. The van der Waals surface area contributed by atoms with Gasteiger partial charge < -0.3 is 0 Å². The summed E-state index contributed by atoms with van der Waals surface area (Å²) in [7, 11) is -3.56. The van der Waals surface area contributed by atoms with Gasteiger partial charge in [0.1, 0.15) is 0 Å².